The second-order valence-corrected chi connectivity index (χ2v) is 6.87. The lowest BCUT2D eigenvalue weighted by atomic mass is 9.92. The first-order valence-corrected chi connectivity index (χ1v) is 8.06. The van der Waals surface area contributed by atoms with E-state index in [0.717, 1.165) is 0 Å². The average Bonchev–Trinajstić information content (AvgIpc) is 2.47. The number of methoxy groups -OCH3 is 1. The molecule has 2 heterocycles. The summed E-state index contributed by atoms with van der Waals surface area (Å²) in [5.74, 6) is -1.32. The van der Waals surface area contributed by atoms with E-state index in [1.54, 1.807) is 6.92 Å². The summed E-state index contributed by atoms with van der Waals surface area (Å²) in [7, 11) is -2.31. The second-order valence-electron chi connectivity index (χ2n) is 4.98. The number of aromatic nitrogens is 1. The van der Waals surface area contributed by atoms with Gasteiger partial charge in [-0.25, -0.2) is 13.4 Å². The molecule has 0 radical (unpaired) electrons. The minimum Gasteiger partial charge on any atom is -0.481 e. The topological polar surface area (TPSA) is 96.8 Å². The first kappa shape index (κ1) is 15.7. The minimum absolute atomic E-state index is 0.0428. The van der Waals surface area contributed by atoms with Gasteiger partial charge in [0.1, 0.15) is 4.90 Å². The van der Waals surface area contributed by atoms with Crippen molar-refractivity contribution in [2.45, 2.75) is 30.7 Å². The van der Waals surface area contributed by atoms with Crippen molar-refractivity contribution in [3.05, 3.63) is 18.3 Å². The molecule has 1 aliphatic heterocycles. The number of rotatable bonds is 4. The van der Waals surface area contributed by atoms with E-state index >= 15 is 0 Å². The van der Waals surface area contributed by atoms with Crippen LogP contribution in [0.15, 0.2) is 23.2 Å². The summed E-state index contributed by atoms with van der Waals surface area (Å²) in [6, 6.07) is 2.30. The number of aliphatic carboxylic acids is 1. The van der Waals surface area contributed by atoms with E-state index in [1.165, 1.54) is 29.7 Å². The monoisotopic (exact) mass is 314 g/mol. The molecule has 0 unspecified atom stereocenters. The summed E-state index contributed by atoms with van der Waals surface area (Å²) in [6.07, 6.45) is 2.25. The van der Waals surface area contributed by atoms with Crippen LogP contribution in [0.4, 0.5) is 0 Å². The van der Waals surface area contributed by atoms with Crippen LogP contribution in [0.25, 0.3) is 0 Å². The first-order chi connectivity index (χ1) is 9.87. The normalized spacial score (nSPS) is 23.7. The van der Waals surface area contributed by atoms with Crippen molar-refractivity contribution < 1.29 is 23.1 Å². The number of ether oxygens (including phenoxy) is 1. The Bertz CT molecular complexity index is 614. The third-order valence-corrected chi connectivity index (χ3v) is 5.74. The highest BCUT2D eigenvalue weighted by atomic mass is 32.2. The number of carboxylic acid groups (broad SMARTS) is 1. The zero-order valence-electron chi connectivity index (χ0n) is 11.9. The van der Waals surface area contributed by atoms with E-state index in [4.69, 9.17) is 4.74 Å². The fourth-order valence-electron chi connectivity index (χ4n) is 2.56. The van der Waals surface area contributed by atoms with Crippen LogP contribution in [-0.2, 0) is 14.8 Å². The predicted octanol–water partition coefficient (Wildman–Crippen LogP) is 0.964. The number of sulfonamides is 1. The van der Waals surface area contributed by atoms with Gasteiger partial charge in [-0.1, -0.05) is 0 Å². The molecular formula is C13H18N2O5S. The fraction of sp³-hybridized carbons (Fsp3) is 0.538. The Hall–Kier alpha value is -1.67. The number of piperidine rings is 1. The number of carboxylic acids is 1. The molecule has 7 nitrogen and oxygen atoms in total. The molecule has 8 heteroatoms. The molecule has 0 aromatic carbocycles. The molecule has 1 aromatic rings. The molecule has 1 aliphatic rings. The fourth-order valence-corrected chi connectivity index (χ4v) is 4.21. The van der Waals surface area contributed by atoms with Gasteiger partial charge in [0, 0.05) is 18.7 Å². The SMILES string of the molecule is COc1ccc(S(=O)(=O)N2CCC[C@H](C(=O)O)[C@@H]2C)cn1. The molecule has 1 saturated heterocycles. The third kappa shape index (κ3) is 3.01. The van der Waals surface area contributed by atoms with Gasteiger partial charge in [-0.15, -0.1) is 0 Å². The van der Waals surface area contributed by atoms with Crippen molar-refractivity contribution in [2.75, 3.05) is 13.7 Å². The number of nitrogens with zero attached hydrogens (tertiary/aromatic N) is 2. The molecule has 2 atom stereocenters. The zero-order chi connectivity index (χ0) is 15.6. The van der Waals surface area contributed by atoms with Crippen LogP contribution in [0, 0.1) is 5.92 Å². The van der Waals surface area contributed by atoms with Crippen molar-refractivity contribution in [1.82, 2.24) is 9.29 Å². The van der Waals surface area contributed by atoms with Gasteiger partial charge in [-0.05, 0) is 25.8 Å². The highest BCUT2D eigenvalue weighted by Crippen LogP contribution is 2.29. The van der Waals surface area contributed by atoms with Crippen molar-refractivity contribution in [3.63, 3.8) is 0 Å². The summed E-state index contributed by atoms with van der Waals surface area (Å²) in [5.41, 5.74) is 0. The van der Waals surface area contributed by atoms with Crippen molar-refractivity contribution in [1.29, 1.82) is 0 Å². The Morgan fingerprint density at radius 3 is 2.71 bits per heavy atom. The van der Waals surface area contributed by atoms with Gasteiger partial charge in [0.05, 0.1) is 19.2 Å². The van der Waals surface area contributed by atoms with Crippen LogP contribution in [-0.4, -0.2) is 48.5 Å². The molecule has 1 fully saturated rings. The summed E-state index contributed by atoms with van der Waals surface area (Å²) in [5, 5.41) is 9.18. The quantitative estimate of drug-likeness (QED) is 0.889. The molecule has 116 valence electrons. The molecule has 0 spiro atoms. The third-order valence-electron chi connectivity index (χ3n) is 3.77. The molecular weight excluding hydrogens is 296 g/mol. The van der Waals surface area contributed by atoms with Gasteiger partial charge in [0.25, 0.3) is 0 Å². The van der Waals surface area contributed by atoms with Gasteiger partial charge >= 0.3 is 5.97 Å². The number of carbonyl (C=O) groups is 1. The summed E-state index contributed by atoms with van der Waals surface area (Å²) < 4.78 is 31.4. The van der Waals surface area contributed by atoms with E-state index in [0.29, 0.717) is 25.3 Å². The van der Waals surface area contributed by atoms with Crippen molar-refractivity contribution in [3.8, 4) is 5.88 Å². The van der Waals surface area contributed by atoms with Gasteiger partial charge in [-0.2, -0.15) is 4.31 Å². The molecule has 21 heavy (non-hydrogen) atoms. The maximum absolute atomic E-state index is 12.6. The molecule has 0 aliphatic carbocycles. The molecule has 1 N–H and O–H groups in total. The van der Waals surface area contributed by atoms with Crippen LogP contribution in [0.5, 0.6) is 5.88 Å². The maximum Gasteiger partial charge on any atom is 0.308 e. The predicted molar refractivity (Wildman–Crippen MR) is 74.5 cm³/mol. The lowest BCUT2D eigenvalue weighted by Gasteiger charge is -2.36. The largest absolute Gasteiger partial charge is 0.481 e. The Balaban J connectivity index is 2.31. The average molecular weight is 314 g/mol. The van der Waals surface area contributed by atoms with Gasteiger partial charge in [-0.3, -0.25) is 4.79 Å². The maximum atomic E-state index is 12.6. The Kier molecular flexibility index (Phi) is 4.48. The molecule has 0 bridgehead atoms. The highest BCUT2D eigenvalue weighted by Gasteiger charge is 2.39. The molecule has 0 saturated carbocycles. The Labute approximate surface area is 123 Å². The Morgan fingerprint density at radius 1 is 1.48 bits per heavy atom. The summed E-state index contributed by atoms with van der Waals surface area (Å²) in [4.78, 5) is 15.1. The lowest BCUT2D eigenvalue weighted by molar-refractivity contribution is -0.144. The lowest BCUT2D eigenvalue weighted by Crippen LogP contribution is -2.48. The van der Waals surface area contributed by atoms with Crippen molar-refractivity contribution in [2.24, 2.45) is 5.92 Å². The van der Waals surface area contributed by atoms with E-state index in [9.17, 15) is 18.3 Å². The van der Waals surface area contributed by atoms with Gasteiger partial charge in [0.15, 0.2) is 0 Å². The minimum atomic E-state index is -3.75. The van der Waals surface area contributed by atoms with Gasteiger partial charge < -0.3 is 9.84 Å². The zero-order valence-corrected chi connectivity index (χ0v) is 12.7. The van der Waals surface area contributed by atoms with E-state index in [-0.39, 0.29) is 4.90 Å². The molecule has 2 rings (SSSR count). The van der Waals surface area contributed by atoms with E-state index < -0.39 is 28.0 Å². The van der Waals surface area contributed by atoms with Crippen LogP contribution in [0.3, 0.4) is 0 Å². The highest BCUT2D eigenvalue weighted by molar-refractivity contribution is 7.89. The number of hydrogen-bond donors (Lipinski definition) is 1. The molecule has 0 amide bonds. The van der Waals surface area contributed by atoms with Crippen LogP contribution in [0.2, 0.25) is 0 Å². The van der Waals surface area contributed by atoms with E-state index in [2.05, 4.69) is 4.98 Å². The Morgan fingerprint density at radius 2 is 2.19 bits per heavy atom. The number of hydrogen-bond acceptors (Lipinski definition) is 5. The first-order valence-electron chi connectivity index (χ1n) is 6.62. The summed E-state index contributed by atoms with van der Waals surface area (Å²) >= 11 is 0. The van der Waals surface area contributed by atoms with Gasteiger partial charge in [0.2, 0.25) is 15.9 Å². The second kappa shape index (κ2) is 5.98. The smallest absolute Gasteiger partial charge is 0.308 e. The van der Waals surface area contributed by atoms with Crippen LogP contribution in [0.1, 0.15) is 19.8 Å². The summed E-state index contributed by atoms with van der Waals surface area (Å²) in [6.45, 7) is 1.95. The molecule has 1 aromatic heterocycles. The van der Waals surface area contributed by atoms with E-state index in [1.807, 2.05) is 0 Å². The number of pyridine rings is 1. The van der Waals surface area contributed by atoms with Crippen molar-refractivity contribution >= 4 is 16.0 Å². The standard InChI is InChI=1S/C13H18N2O5S/c1-9-11(13(16)17)4-3-7-15(9)21(18,19)10-5-6-12(20-2)14-8-10/h5-6,8-9,11H,3-4,7H2,1-2H3,(H,16,17)/t9-,11-/m0/s1. The van der Waals surface area contributed by atoms with Crippen LogP contribution < -0.4 is 4.74 Å². The van der Waals surface area contributed by atoms with Crippen LogP contribution >= 0.6 is 0 Å².